The molecule has 8 nitrogen and oxygen atoms in total. The van der Waals surface area contributed by atoms with Crippen molar-refractivity contribution in [2.75, 3.05) is 65.7 Å². The molecule has 1 aromatic carbocycles. The molecule has 3 aliphatic rings. The van der Waals surface area contributed by atoms with Crippen molar-refractivity contribution in [2.24, 2.45) is 0 Å². The molecule has 3 saturated heterocycles. The number of amides is 2. The lowest BCUT2D eigenvalue weighted by atomic mass is 10.1. The largest absolute Gasteiger partial charge is 0.488 e. The first kappa shape index (κ1) is 20.1. The van der Waals surface area contributed by atoms with Gasteiger partial charge in [-0.1, -0.05) is 18.2 Å². The highest BCUT2D eigenvalue weighted by Crippen LogP contribution is 2.25. The molecule has 4 rings (SSSR count). The second-order valence-corrected chi connectivity index (χ2v) is 7.68. The topological polar surface area (TPSA) is 71.5 Å². The third kappa shape index (κ3) is 5.07. The molecule has 0 N–H and O–H groups in total. The highest BCUT2D eigenvalue weighted by molar-refractivity contribution is 5.89. The van der Waals surface area contributed by atoms with E-state index in [0.717, 1.165) is 18.8 Å². The molecule has 3 heterocycles. The normalized spacial score (nSPS) is 25.8. The third-order valence-electron chi connectivity index (χ3n) is 5.70. The van der Waals surface area contributed by atoms with Gasteiger partial charge in [0, 0.05) is 32.6 Å². The highest BCUT2D eigenvalue weighted by atomic mass is 16.5. The van der Waals surface area contributed by atoms with Gasteiger partial charge in [-0.25, -0.2) is 0 Å². The van der Waals surface area contributed by atoms with E-state index in [1.54, 1.807) is 4.90 Å². The van der Waals surface area contributed by atoms with Gasteiger partial charge in [0.2, 0.25) is 11.8 Å². The molecule has 0 saturated carbocycles. The number of morpholine rings is 2. The Bertz CT molecular complexity index is 689. The molecule has 0 radical (unpaired) electrons. The van der Waals surface area contributed by atoms with Gasteiger partial charge in [-0.05, 0) is 12.1 Å². The van der Waals surface area contributed by atoms with Crippen LogP contribution in [0.3, 0.4) is 0 Å². The molecule has 3 fully saturated rings. The maximum absolute atomic E-state index is 13.2. The van der Waals surface area contributed by atoms with Crippen LogP contribution in [0.25, 0.3) is 0 Å². The molecule has 0 spiro atoms. The number of carbonyl (C=O) groups excluding carboxylic acids is 2. The van der Waals surface area contributed by atoms with Gasteiger partial charge in [-0.15, -0.1) is 0 Å². The van der Waals surface area contributed by atoms with Crippen LogP contribution in [-0.4, -0.2) is 104 Å². The van der Waals surface area contributed by atoms with E-state index < -0.39 is 6.04 Å². The summed E-state index contributed by atoms with van der Waals surface area (Å²) in [6.07, 6.45) is 0.320. The smallest absolute Gasteiger partial charge is 0.245 e. The molecule has 1 aromatic rings. The van der Waals surface area contributed by atoms with E-state index in [0.29, 0.717) is 59.0 Å². The van der Waals surface area contributed by atoms with Crippen molar-refractivity contribution in [3.05, 3.63) is 30.3 Å². The fraction of sp³-hybridized carbons (Fsp3) is 0.619. The summed E-state index contributed by atoms with van der Waals surface area (Å²) >= 11 is 0. The SMILES string of the molecule is O=C([C@@H]1C[C@H](Oc2ccccc2)CN1C(=O)CN1CCOCC1)N1CCOCC1. The van der Waals surface area contributed by atoms with Gasteiger partial charge in [0.15, 0.2) is 0 Å². The van der Waals surface area contributed by atoms with Gasteiger partial charge in [0.25, 0.3) is 0 Å². The minimum absolute atomic E-state index is 0.00258. The predicted molar refractivity (Wildman–Crippen MR) is 106 cm³/mol. The van der Waals surface area contributed by atoms with Crippen molar-refractivity contribution >= 4 is 11.8 Å². The molecule has 2 amide bonds. The summed E-state index contributed by atoms with van der Waals surface area (Å²) in [5.41, 5.74) is 0. The first-order valence-electron chi connectivity index (χ1n) is 10.4. The van der Waals surface area contributed by atoms with Crippen LogP contribution in [0.1, 0.15) is 6.42 Å². The van der Waals surface area contributed by atoms with E-state index in [9.17, 15) is 9.59 Å². The summed E-state index contributed by atoms with van der Waals surface area (Å²) in [5, 5.41) is 0. The van der Waals surface area contributed by atoms with E-state index in [-0.39, 0.29) is 17.9 Å². The van der Waals surface area contributed by atoms with Crippen LogP contribution in [-0.2, 0) is 19.1 Å². The van der Waals surface area contributed by atoms with Crippen molar-refractivity contribution in [2.45, 2.75) is 18.6 Å². The van der Waals surface area contributed by atoms with Gasteiger partial charge < -0.3 is 24.0 Å². The van der Waals surface area contributed by atoms with E-state index in [1.165, 1.54) is 0 Å². The summed E-state index contributed by atoms with van der Waals surface area (Å²) in [6, 6.07) is 9.10. The molecular formula is C21H29N3O5. The Morgan fingerprint density at radius 1 is 0.966 bits per heavy atom. The first-order valence-corrected chi connectivity index (χ1v) is 10.4. The molecular weight excluding hydrogens is 374 g/mol. The van der Waals surface area contributed by atoms with Crippen LogP contribution in [0.4, 0.5) is 0 Å². The van der Waals surface area contributed by atoms with E-state index >= 15 is 0 Å². The number of para-hydroxylation sites is 1. The monoisotopic (exact) mass is 403 g/mol. The molecule has 29 heavy (non-hydrogen) atoms. The number of hydrogen-bond donors (Lipinski definition) is 0. The van der Waals surface area contributed by atoms with Gasteiger partial charge in [-0.2, -0.15) is 0 Å². The Morgan fingerprint density at radius 2 is 1.62 bits per heavy atom. The summed E-state index contributed by atoms with van der Waals surface area (Å²) in [7, 11) is 0. The van der Waals surface area contributed by atoms with Crippen LogP contribution in [0.15, 0.2) is 30.3 Å². The average molecular weight is 403 g/mol. The molecule has 0 aromatic heterocycles. The van der Waals surface area contributed by atoms with E-state index in [4.69, 9.17) is 14.2 Å². The number of nitrogens with zero attached hydrogens (tertiary/aromatic N) is 3. The molecule has 8 heteroatoms. The second kappa shape index (κ2) is 9.56. The van der Waals surface area contributed by atoms with Crippen LogP contribution in [0.5, 0.6) is 5.75 Å². The van der Waals surface area contributed by atoms with Crippen LogP contribution in [0, 0.1) is 0 Å². The summed E-state index contributed by atoms with van der Waals surface area (Å²) in [4.78, 5) is 31.9. The van der Waals surface area contributed by atoms with Gasteiger partial charge in [-0.3, -0.25) is 14.5 Å². The van der Waals surface area contributed by atoms with Gasteiger partial charge in [0.1, 0.15) is 17.9 Å². The molecule has 0 bridgehead atoms. The second-order valence-electron chi connectivity index (χ2n) is 7.68. The molecule has 158 valence electrons. The first-order chi connectivity index (χ1) is 14.2. The molecule has 2 atom stereocenters. The van der Waals surface area contributed by atoms with E-state index in [2.05, 4.69) is 4.90 Å². The molecule has 3 aliphatic heterocycles. The lowest BCUT2D eigenvalue weighted by Crippen LogP contribution is -2.53. The van der Waals surface area contributed by atoms with Gasteiger partial charge in [0.05, 0.1) is 39.5 Å². The van der Waals surface area contributed by atoms with E-state index in [1.807, 2.05) is 35.2 Å². The zero-order valence-electron chi connectivity index (χ0n) is 16.7. The summed E-state index contributed by atoms with van der Waals surface area (Å²) in [5.74, 6) is 0.748. The molecule has 0 aliphatic carbocycles. The zero-order chi connectivity index (χ0) is 20.1. The summed E-state index contributed by atoms with van der Waals surface area (Å²) in [6.45, 7) is 5.75. The Hall–Kier alpha value is -2.16. The number of ether oxygens (including phenoxy) is 3. The Labute approximate surface area is 171 Å². The predicted octanol–water partition coefficient (Wildman–Crippen LogP) is 0.226. The quantitative estimate of drug-likeness (QED) is 0.701. The number of likely N-dealkylation sites (tertiary alicyclic amines) is 1. The third-order valence-corrected chi connectivity index (χ3v) is 5.70. The Kier molecular flexibility index (Phi) is 6.63. The zero-order valence-corrected chi connectivity index (χ0v) is 16.7. The van der Waals surface area contributed by atoms with Gasteiger partial charge >= 0.3 is 0 Å². The van der Waals surface area contributed by atoms with Crippen molar-refractivity contribution in [3.63, 3.8) is 0 Å². The van der Waals surface area contributed by atoms with Crippen molar-refractivity contribution in [3.8, 4) is 5.75 Å². The standard InChI is InChI=1S/C21H29N3O5/c25-20(16-22-6-10-27-11-7-22)24-15-18(29-17-4-2-1-3-5-17)14-19(24)21(26)23-8-12-28-13-9-23/h1-5,18-19H,6-16H2/t18-,19-/m0/s1. The number of carbonyl (C=O) groups is 2. The Balaban J connectivity index is 1.45. The number of rotatable bonds is 5. The minimum atomic E-state index is -0.477. The average Bonchev–Trinajstić information content (AvgIpc) is 3.19. The number of hydrogen-bond acceptors (Lipinski definition) is 6. The Morgan fingerprint density at radius 3 is 2.31 bits per heavy atom. The van der Waals surface area contributed by atoms with Crippen LogP contribution >= 0.6 is 0 Å². The van der Waals surface area contributed by atoms with Crippen LogP contribution < -0.4 is 4.74 Å². The maximum Gasteiger partial charge on any atom is 0.245 e. The maximum atomic E-state index is 13.2. The fourth-order valence-corrected chi connectivity index (χ4v) is 4.12. The highest BCUT2D eigenvalue weighted by Gasteiger charge is 2.42. The lowest BCUT2D eigenvalue weighted by Gasteiger charge is -2.33. The lowest BCUT2D eigenvalue weighted by molar-refractivity contribution is -0.147. The van der Waals surface area contributed by atoms with Crippen molar-refractivity contribution < 1.29 is 23.8 Å². The van der Waals surface area contributed by atoms with Crippen molar-refractivity contribution in [1.82, 2.24) is 14.7 Å². The summed E-state index contributed by atoms with van der Waals surface area (Å²) < 4.78 is 16.8. The fourth-order valence-electron chi connectivity index (χ4n) is 4.12. The minimum Gasteiger partial charge on any atom is -0.488 e. The molecule has 0 unspecified atom stereocenters. The van der Waals surface area contributed by atoms with Crippen LogP contribution in [0.2, 0.25) is 0 Å². The van der Waals surface area contributed by atoms with Crippen molar-refractivity contribution in [1.29, 1.82) is 0 Å². The number of benzene rings is 1.